The van der Waals surface area contributed by atoms with Crippen molar-refractivity contribution in [2.24, 2.45) is 0 Å². The number of nitrogens with one attached hydrogen (secondary N) is 1. The number of sulfonamides is 1. The van der Waals surface area contributed by atoms with Gasteiger partial charge in [0, 0.05) is 11.4 Å². The fraction of sp³-hybridized carbons (Fsp3) is 0.231. The Hall–Kier alpha value is -1.08. The standard InChI is InChI=1S/C13H14ClNO3S2/c1-18-13-5-4-11(9-12(13)14)20(16,17)15-7-6-10-3-2-8-19-10/h2-5,8-9,15H,6-7H2,1H3. The van der Waals surface area contributed by atoms with Crippen molar-refractivity contribution in [1.29, 1.82) is 0 Å². The van der Waals surface area contributed by atoms with E-state index in [1.165, 1.54) is 25.3 Å². The van der Waals surface area contributed by atoms with Crippen LogP contribution in [0.15, 0.2) is 40.6 Å². The molecule has 0 aliphatic rings. The van der Waals surface area contributed by atoms with Crippen LogP contribution in [0.3, 0.4) is 0 Å². The summed E-state index contributed by atoms with van der Waals surface area (Å²) in [7, 11) is -2.07. The van der Waals surface area contributed by atoms with Gasteiger partial charge in [0.05, 0.1) is 17.0 Å². The fourth-order valence-electron chi connectivity index (χ4n) is 1.66. The van der Waals surface area contributed by atoms with Gasteiger partial charge in [0.1, 0.15) is 5.75 Å². The summed E-state index contributed by atoms with van der Waals surface area (Å²) in [6.45, 7) is 0.354. The molecule has 1 heterocycles. The van der Waals surface area contributed by atoms with E-state index in [1.807, 2.05) is 17.5 Å². The van der Waals surface area contributed by atoms with E-state index in [4.69, 9.17) is 16.3 Å². The molecule has 0 spiro atoms. The van der Waals surface area contributed by atoms with Crippen molar-refractivity contribution < 1.29 is 13.2 Å². The maximum Gasteiger partial charge on any atom is 0.240 e. The molecule has 2 rings (SSSR count). The van der Waals surface area contributed by atoms with E-state index >= 15 is 0 Å². The third-order valence-electron chi connectivity index (χ3n) is 2.68. The monoisotopic (exact) mass is 331 g/mol. The molecule has 0 radical (unpaired) electrons. The van der Waals surface area contributed by atoms with Crippen LogP contribution in [0.2, 0.25) is 5.02 Å². The molecule has 7 heteroatoms. The van der Waals surface area contributed by atoms with Gasteiger partial charge in [-0.15, -0.1) is 11.3 Å². The summed E-state index contributed by atoms with van der Waals surface area (Å²) in [6.07, 6.45) is 0.667. The van der Waals surface area contributed by atoms with Gasteiger partial charge in [0.25, 0.3) is 0 Å². The first kappa shape index (κ1) is 15.3. The van der Waals surface area contributed by atoms with Crippen LogP contribution in [0.1, 0.15) is 4.88 Å². The maximum absolute atomic E-state index is 12.1. The predicted octanol–water partition coefficient (Wildman–Crippen LogP) is 2.93. The Kier molecular flexibility index (Phi) is 5.04. The molecule has 2 aromatic rings. The summed E-state index contributed by atoms with van der Waals surface area (Å²) in [6, 6.07) is 8.31. The number of halogens is 1. The highest BCUT2D eigenvalue weighted by molar-refractivity contribution is 7.89. The molecule has 1 N–H and O–H groups in total. The third-order valence-corrected chi connectivity index (χ3v) is 5.37. The number of benzene rings is 1. The summed E-state index contributed by atoms with van der Waals surface area (Å²) < 4.78 is 31.8. The van der Waals surface area contributed by atoms with E-state index in [1.54, 1.807) is 11.3 Å². The molecule has 0 atom stereocenters. The van der Waals surface area contributed by atoms with Gasteiger partial charge in [-0.1, -0.05) is 17.7 Å². The first-order valence-corrected chi connectivity index (χ1v) is 8.62. The molecule has 0 bridgehead atoms. The van der Waals surface area contributed by atoms with Gasteiger partial charge in [-0.2, -0.15) is 0 Å². The summed E-state index contributed by atoms with van der Waals surface area (Å²) in [4.78, 5) is 1.27. The second-order valence-corrected chi connectivity index (χ2v) is 7.23. The van der Waals surface area contributed by atoms with Crippen LogP contribution in [0.5, 0.6) is 5.75 Å². The molecule has 1 aromatic heterocycles. The second kappa shape index (κ2) is 6.58. The SMILES string of the molecule is COc1ccc(S(=O)(=O)NCCc2cccs2)cc1Cl. The van der Waals surface area contributed by atoms with Crippen molar-refractivity contribution in [2.75, 3.05) is 13.7 Å². The molecule has 4 nitrogen and oxygen atoms in total. The molecule has 0 unspecified atom stereocenters. The third kappa shape index (κ3) is 3.73. The zero-order chi connectivity index (χ0) is 14.6. The van der Waals surface area contributed by atoms with Crippen molar-refractivity contribution in [3.8, 4) is 5.75 Å². The molecule has 0 fully saturated rings. The Morgan fingerprint density at radius 2 is 2.15 bits per heavy atom. The van der Waals surface area contributed by atoms with Gasteiger partial charge in [-0.05, 0) is 36.1 Å². The highest BCUT2D eigenvalue weighted by Gasteiger charge is 2.15. The first-order valence-electron chi connectivity index (χ1n) is 5.88. The number of methoxy groups -OCH3 is 1. The lowest BCUT2D eigenvalue weighted by Gasteiger charge is -2.08. The fourth-order valence-corrected chi connectivity index (χ4v) is 3.75. The molecule has 108 valence electrons. The van der Waals surface area contributed by atoms with Gasteiger partial charge in [0.2, 0.25) is 10.0 Å². The molecule has 0 aliphatic carbocycles. The number of thiophene rings is 1. The van der Waals surface area contributed by atoms with Gasteiger partial charge in [-0.3, -0.25) is 0 Å². The number of rotatable bonds is 6. The zero-order valence-electron chi connectivity index (χ0n) is 10.8. The highest BCUT2D eigenvalue weighted by Crippen LogP contribution is 2.26. The molecule has 20 heavy (non-hydrogen) atoms. The normalized spacial score (nSPS) is 11.5. The van der Waals surface area contributed by atoms with E-state index in [0.717, 1.165) is 4.88 Å². The molecule has 0 saturated heterocycles. The van der Waals surface area contributed by atoms with Crippen LogP contribution >= 0.6 is 22.9 Å². The smallest absolute Gasteiger partial charge is 0.240 e. The molecule has 0 aliphatic heterocycles. The van der Waals surface area contributed by atoms with Crippen LogP contribution in [-0.2, 0) is 16.4 Å². The average molecular weight is 332 g/mol. The Bertz CT molecular complexity index is 669. The van der Waals surface area contributed by atoms with Crippen LogP contribution in [0.4, 0.5) is 0 Å². The highest BCUT2D eigenvalue weighted by atomic mass is 35.5. The predicted molar refractivity (Wildman–Crippen MR) is 81.2 cm³/mol. The molecule has 0 saturated carbocycles. The lowest BCUT2D eigenvalue weighted by atomic mass is 10.3. The van der Waals surface area contributed by atoms with Crippen LogP contribution in [-0.4, -0.2) is 22.1 Å². The lowest BCUT2D eigenvalue weighted by molar-refractivity contribution is 0.414. The summed E-state index contributed by atoms with van der Waals surface area (Å²) in [5.74, 6) is 0.448. The van der Waals surface area contributed by atoms with Crippen molar-refractivity contribution >= 4 is 33.0 Å². The average Bonchev–Trinajstić information content (AvgIpc) is 2.91. The zero-order valence-corrected chi connectivity index (χ0v) is 13.2. The number of hydrogen-bond acceptors (Lipinski definition) is 4. The van der Waals surface area contributed by atoms with Crippen LogP contribution in [0, 0.1) is 0 Å². The van der Waals surface area contributed by atoms with E-state index in [0.29, 0.717) is 18.7 Å². The molecule has 0 amide bonds. The molecule has 1 aromatic carbocycles. The van der Waals surface area contributed by atoms with E-state index in [2.05, 4.69) is 4.72 Å². The summed E-state index contributed by atoms with van der Waals surface area (Å²) >= 11 is 7.54. The minimum absolute atomic E-state index is 0.134. The van der Waals surface area contributed by atoms with E-state index < -0.39 is 10.0 Å². The Balaban J connectivity index is 2.04. The van der Waals surface area contributed by atoms with Crippen molar-refractivity contribution in [3.05, 3.63) is 45.6 Å². The van der Waals surface area contributed by atoms with Crippen LogP contribution < -0.4 is 9.46 Å². The second-order valence-electron chi connectivity index (χ2n) is 4.02. The molecular weight excluding hydrogens is 318 g/mol. The largest absolute Gasteiger partial charge is 0.495 e. The van der Waals surface area contributed by atoms with Crippen molar-refractivity contribution in [2.45, 2.75) is 11.3 Å². The molecular formula is C13H14ClNO3S2. The van der Waals surface area contributed by atoms with Gasteiger partial charge in [-0.25, -0.2) is 13.1 Å². The van der Waals surface area contributed by atoms with Gasteiger partial charge in [0.15, 0.2) is 0 Å². The maximum atomic E-state index is 12.1. The quantitative estimate of drug-likeness (QED) is 0.885. The summed E-state index contributed by atoms with van der Waals surface area (Å²) in [5, 5.41) is 2.24. The number of ether oxygens (including phenoxy) is 1. The van der Waals surface area contributed by atoms with E-state index in [-0.39, 0.29) is 9.92 Å². The lowest BCUT2D eigenvalue weighted by Crippen LogP contribution is -2.25. The van der Waals surface area contributed by atoms with Gasteiger partial charge < -0.3 is 4.74 Å². The topological polar surface area (TPSA) is 55.4 Å². The minimum atomic E-state index is -3.55. The Morgan fingerprint density at radius 1 is 1.35 bits per heavy atom. The van der Waals surface area contributed by atoms with Crippen molar-refractivity contribution in [1.82, 2.24) is 4.72 Å². The first-order chi connectivity index (χ1) is 9.53. The van der Waals surface area contributed by atoms with Crippen LogP contribution in [0.25, 0.3) is 0 Å². The Morgan fingerprint density at radius 3 is 2.75 bits per heavy atom. The van der Waals surface area contributed by atoms with Crippen molar-refractivity contribution in [3.63, 3.8) is 0 Å². The minimum Gasteiger partial charge on any atom is -0.495 e. The van der Waals surface area contributed by atoms with Gasteiger partial charge >= 0.3 is 0 Å². The number of hydrogen-bond donors (Lipinski definition) is 1. The summed E-state index contributed by atoms with van der Waals surface area (Å²) in [5.41, 5.74) is 0. The Labute approximate surface area is 127 Å². The van der Waals surface area contributed by atoms with E-state index in [9.17, 15) is 8.42 Å².